The van der Waals surface area contributed by atoms with Crippen molar-refractivity contribution in [1.29, 1.82) is 0 Å². The SMILES string of the molecule is CC1=C([C@@H](C)OC(=O)C(C)C)c2ccccc2CC1. The molecule has 1 aromatic rings. The maximum Gasteiger partial charge on any atom is 0.308 e. The number of allylic oxidation sites excluding steroid dienone is 1. The lowest BCUT2D eigenvalue weighted by molar-refractivity contribution is -0.149. The minimum absolute atomic E-state index is 0.0813. The van der Waals surface area contributed by atoms with Crippen molar-refractivity contribution in [1.82, 2.24) is 0 Å². The molecule has 0 fully saturated rings. The molecule has 0 bridgehead atoms. The molecule has 0 aliphatic heterocycles. The zero-order valence-corrected chi connectivity index (χ0v) is 12.2. The molecule has 0 radical (unpaired) electrons. The van der Waals surface area contributed by atoms with E-state index in [4.69, 9.17) is 4.74 Å². The molecule has 19 heavy (non-hydrogen) atoms. The first-order valence-corrected chi connectivity index (χ1v) is 6.99. The van der Waals surface area contributed by atoms with Gasteiger partial charge in [0, 0.05) is 0 Å². The largest absolute Gasteiger partial charge is 0.458 e. The normalized spacial score (nSPS) is 16.3. The van der Waals surface area contributed by atoms with Crippen LogP contribution in [0.3, 0.4) is 0 Å². The van der Waals surface area contributed by atoms with E-state index in [1.165, 1.54) is 22.3 Å². The number of ether oxygens (including phenoxy) is 1. The fraction of sp³-hybridized carbons (Fsp3) is 0.471. The van der Waals surface area contributed by atoms with E-state index in [1.807, 2.05) is 20.8 Å². The van der Waals surface area contributed by atoms with Crippen molar-refractivity contribution in [3.05, 3.63) is 41.0 Å². The summed E-state index contributed by atoms with van der Waals surface area (Å²) in [5.74, 6) is -0.210. The third-order valence-electron chi connectivity index (χ3n) is 3.71. The Bertz CT molecular complexity index is 512. The lowest BCUT2D eigenvalue weighted by Gasteiger charge is -2.26. The highest BCUT2D eigenvalue weighted by atomic mass is 16.5. The summed E-state index contributed by atoms with van der Waals surface area (Å²) in [5, 5.41) is 0. The Hall–Kier alpha value is -1.57. The van der Waals surface area contributed by atoms with Gasteiger partial charge in [0.15, 0.2) is 0 Å². The Morgan fingerprint density at radius 3 is 2.53 bits per heavy atom. The summed E-state index contributed by atoms with van der Waals surface area (Å²) in [7, 11) is 0. The first kappa shape index (κ1) is 13.9. The highest BCUT2D eigenvalue weighted by molar-refractivity contribution is 5.79. The predicted molar refractivity (Wildman–Crippen MR) is 77.7 cm³/mol. The molecule has 102 valence electrons. The summed E-state index contributed by atoms with van der Waals surface area (Å²) in [6, 6.07) is 8.42. The Balaban J connectivity index is 2.29. The van der Waals surface area contributed by atoms with Crippen LogP contribution in [0, 0.1) is 5.92 Å². The number of rotatable bonds is 3. The summed E-state index contributed by atoms with van der Waals surface area (Å²) < 4.78 is 5.58. The van der Waals surface area contributed by atoms with E-state index in [0.29, 0.717) is 0 Å². The molecule has 0 saturated heterocycles. The number of carbonyl (C=O) groups is 1. The van der Waals surface area contributed by atoms with Gasteiger partial charge in [-0.2, -0.15) is 0 Å². The highest BCUT2D eigenvalue weighted by Gasteiger charge is 2.24. The van der Waals surface area contributed by atoms with Gasteiger partial charge in [0.25, 0.3) is 0 Å². The summed E-state index contributed by atoms with van der Waals surface area (Å²) >= 11 is 0. The van der Waals surface area contributed by atoms with Gasteiger partial charge in [-0.3, -0.25) is 4.79 Å². The number of benzene rings is 1. The Kier molecular flexibility index (Phi) is 4.08. The summed E-state index contributed by atoms with van der Waals surface area (Å²) in [4.78, 5) is 11.8. The van der Waals surface area contributed by atoms with E-state index in [2.05, 4.69) is 31.2 Å². The van der Waals surface area contributed by atoms with Crippen LogP contribution in [0.25, 0.3) is 5.57 Å². The van der Waals surface area contributed by atoms with Gasteiger partial charge < -0.3 is 4.74 Å². The lowest BCUT2D eigenvalue weighted by Crippen LogP contribution is -2.22. The molecule has 2 rings (SSSR count). The zero-order valence-electron chi connectivity index (χ0n) is 12.2. The molecule has 0 N–H and O–H groups in total. The molecule has 0 heterocycles. The van der Waals surface area contributed by atoms with Crippen molar-refractivity contribution in [2.45, 2.75) is 46.6 Å². The van der Waals surface area contributed by atoms with Crippen molar-refractivity contribution in [3.8, 4) is 0 Å². The molecule has 0 saturated carbocycles. The smallest absolute Gasteiger partial charge is 0.308 e. The van der Waals surface area contributed by atoms with Gasteiger partial charge in [0.05, 0.1) is 5.92 Å². The first-order chi connectivity index (χ1) is 9.00. The maximum atomic E-state index is 11.8. The van der Waals surface area contributed by atoms with Gasteiger partial charge in [-0.05, 0) is 43.4 Å². The summed E-state index contributed by atoms with van der Waals surface area (Å²) in [6.45, 7) is 7.85. The van der Waals surface area contributed by atoms with Gasteiger partial charge in [0.2, 0.25) is 0 Å². The van der Waals surface area contributed by atoms with Crippen molar-refractivity contribution >= 4 is 11.5 Å². The van der Waals surface area contributed by atoms with Gasteiger partial charge in [-0.25, -0.2) is 0 Å². The molecule has 2 nitrogen and oxygen atoms in total. The Morgan fingerprint density at radius 2 is 1.84 bits per heavy atom. The summed E-state index contributed by atoms with van der Waals surface area (Å²) in [6.07, 6.45) is 1.96. The molecule has 1 aliphatic carbocycles. The van der Waals surface area contributed by atoms with Crippen LogP contribution in [0.4, 0.5) is 0 Å². The number of hydrogen-bond acceptors (Lipinski definition) is 2. The van der Waals surface area contributed by atoms with E-state index in [0.717, 1.165) is 12.8 Å². The summed E-state index contributed by atoms with van der Waals surface area (Å²) in [5.41, 5.74) is 5.13. The Labute approximate surface area is 115 Å². The van der Waals surface area contributed by atoms with Crippen LogP contribution in [-0.4, -0.2) is 12.1 Å². The second kappa shape index (κ2) is 5.60. The van der Waals surface area contributed by atoms with Crippen molar-refractivity contribution in [3.63, 3.8) is 0 Å². The fourth-order valence-corrected chi connectivity index (χ4v) is 2.62. The third kappa shape index (κ3) is 2.89. The topological polar surface area (TPSA) is 26.3 Å². The van der Waals surface area contributed by atoms with E-state index in [1.54, 1.807) is 0 Å². The minimum atomic E-state index is -0.170. The second-order valence-electron chi connectivity index (χ2n) is 5.58. The maximum absolute atomic E-state index is 11.8. The second-order valence-corrected chi connectivity index (χ2v) is 5.58. The van der Waals surface area contributed by atoms with Crippen LogP contribution in [0.15, 0.2) is 29.8 Å². The number of carbonyl (C=O) groups excluding carboxylic acids is 1. The zero-order chi connectivity index (χ0) is 14.0. The van der Waals surface area contributed by atoms with Crippen LogP contribution in [0.5, 0.6) is 0 Å². The van der Waals surface area contributed by atoms with E-state index >= 15 is 0 Å². The molecule has 0 unspecified atom stereocenters. The van der Waals surface area contributed by atoms with E-state index in [-0.39, 0.29) is 18.0 Å². The highest BCUT2D eigenvalue weighted by Crippen LogP contribution is 2.34. The number of fused-ring (bicyclic) bond motifs is 1. The molecule has 1 atom stereocenters. The van der Waals surface area contributed by atoms with Crippen LogP contribution >= 0.6 is 0 Å². The van der Waals surface area contributed by atoms with Crippen LogP contribution in [0.1, 0.15) is 45.2 Å². The van der Waals surface area contributed by atoms with Crippen LogP contribution in [0.2, 0.25) is 0 Å². The van der Waals surface area contributed by atoms with Gasteiger partial charge in [-0.1, -0.05) is 43.7 Å². The predicted octanol–water partition coefficient (Wildman–Crippen LogP) is 3.99. The van der Waals surface area contributed by atoms with Crippen molar-refractivity contribution in [2.75, 3.05) is 0 Å². The van der Waals surface area contributed by atoms with Crippen LogP contribution in [-0.2, 0) is 16.0 Å². The van der Waals surface area contributed by atoms with Crippen molar-refractivity contribution < 1.29 is 9.53 Å². The standard InChI is InChI=1S/C17H22O2/c1-11(2)17(18)19-13(4)16-12(3)9-10-14-7-5-6-8-15(14)16/h5-8,11,13H,9-10H2,1-4H3/t13-/m1/s1. The van der Waals surface area contributed by atoms with Crippen LogP contribution < -0.4 is 0 Å². The molecule has 2 heteroatoms. The molecule has 0 aromatic heterocycles. The van der Waals surface area contributed by atoms with E-state index < -0.39 is 0 Å². The average molecular weight is 258 g/mol. The molecule has 0 spiro atoms. The van der Waals surface area contributed by atoms with Gasteiger partial charge in [-0.15, -0.1) is 0 Å². The monoisotopic (exact) mass is 258 g/mol. The molecule has 0 amide bonds. The molecular formula is C17H22O2. The molecular weight excluding hydrogens is 236 g/mol. The quantitative estimate of drug-likeness (QED) is 0.766. The Morgan fingerprint density at radius 1 is 1.16 bits per heavy atom. The third-order valence-corrected chi connectivity index (χ3v) is 3.71. The fourth-order valence-electron chi connectivity index (χ4n) is 2.62. The molecule has 1 aromatic carbocycles. The lowest BCUT2D eigenvalue weighted by atomic mass is 9.84. The molecule has 1 aliphatic rings. The number of aryl methyl sites for hydroxylation is 1. The van der Waals surface area contributed by atoms with Gasteiger partial charge >= 0.3 is 5.97 Å². The number of esters is 1. The van der Waals surface area contributed by atoms with Crippen molar-refractivity contribution in [2.24, 2.45) is 5.92 Å². The number of hydrogen-bond donors (Lipinski definition) is 0. The minimum Gasteiger partial charge on any atom is -0.458 e. The first-order valence-electron chi connectivity index (χ1n) is 6.99. The van der Waals surface area contributed by atoms with Gasteiger partial charge in [0.1, 0.15) is 6.10 Å². The average Bonchev–Trinajstić information content (AvgIpc) is 2.38. The van der Waals surface area contributed by atoms with E-state index in [9.17, 15) is 4.79 Å².